The Bertz CT molecular complexity index is 761. The molecule has 0 radical (unpaired) electrons. The van der Waals surface area contributed by atoms with Gasteiger partial charge in [-0.05, 0) is 25.0 Å². The van der Waals surface area contributed by atoms with Gasteiger partial charge in [-0.2, -0.15) is 18.3 Å². The molecule has 3 rings (SSSR count). The highest BCUT2D eigenvalue weighted by Crippen LogP contribution is 2.32. The Hall–Kier alpha value is -2.58. The third kappa shape index (κ3) is 3.97. The van der Waals surface area contributed by atoms with Gasteiger partial charge >= 0.3 is 12.2 Å². The maximum Gasteiger partial charge on any atom is 0.419 e. The summed E-state index contributed by atoms with van der Waals surface area (Å²) in [6.45, 7) is 0.779. The van der Waals surface area contributed by atoms with Gasteiger partial charge in [0.05, 0.1) is 18.2 Å². The molecule has 0 spiro atoms. The average Bonchev–Trinajstić information content (AvgIpc) is 3.25. The van der Waals surface area contributed by atoms with Gasteiger partial charge in [0.2, 0.25) is 0 Å². The number of carbonyl (C=O) groups excluding carboxylic acids is 1. The van der Waals surface area contributed by atoms with Crippen molar-refractivity contribution in [2.75, 3.05) is 6.54 Å². The van der Waals surface area contributed by atoms with Crippen LogP contribution in [-0.2, 0) is 19.3 Å². The second-order valence-electron chi connectivity index (χ2n) is 6.15. The molecule has 1 saturated heterocycles. The molecular formula is C17H18F4N4O. The smallest absolute Gasteiger partial charge is 0.334 e. The number of hydrogen-bond donors (Lipinski definition) is 1. The van der Waals surface area contributed by atoms with E-state index in [1.54, 1.807) is 28.0 Å². The van der Waals surface area contributed by atoms with E-state index in [0.717, 1.165) is 18.9 Å². The molecular weight excluding hydrogens is 352 g/mol. The number of amides is 2. The third-order valence-electron chi connectivity index (χ3n) is 4.41. The lowest BCUT2D eigenvalue weighted by atomic mass is 10.1. The van der Waals surface area contributed by atoms with Crippen molar-refractivity contribution >= 4 is 6.03 Å². The fourth-order valence-corrected chi connectivity index (χ4v) is 3.12. The topological polar surface area (TPSA) is 50.2 Å². The minimum Gasteiger partial charge on any atom is -0.334 e. The minimum atomic E-state index is -4.77. The fourth-order valence-electron chi connectivity index (χ4n) is 3.12. The summed E-state index contributed by atoms with van der Waals surface area (Å²) in [5, 5.41) is 6.63. The monoisotopic (exact) mass is 370 g/mol. The van der Waals surface area contributed by atoms with E-state index in [-0.39, 0.29) is 18.2 Å². The Kier molecular flexibility index (Phi) is 5.15. The molecule has 1 aromatic carbocycles. The van der Waals surface area contributed by atoms with Crippen molar-refractivity contribution < 1.29 is 22.4 Å². The molecule has 1 aliphatic rings. The summed E-state index contributed by atoms with van der Waals surface area (Å²) < 4.78 is 54.0. The van der Waals surface area contributed by atoms with Crippen molar-refractivity contribution in [1.29, 1.82) is 0 Å². The molecule has 26 heavy (non-hydrogen) atoms. The fraction of sp³-hybridized carbons (Fsp3) is 0.412. The van der Waals surface area contributed by atoms with Crippen LogP contribution in [0.5, 0.6) is 0 Å². The lowest BCUT2D eigenvalue weighted by Gasteiger charge is -2.25. The lowest BCUT2D eigenvalue weighted by molar-refractivity contribution is -0.140. The van der Waals surface area contributed by atoms with Crippen LogP contribution in [0.4, 0.5) is 22.4 Å². The number of hydrogen-bond acceptors (Lipinski definition) is 2. The number of halogens is 4. The highest BCUT2D eigenvalue weighted by Gasteiger charge is 2.35. The highest BCUT2D eigenvalue weighted by atomic mass is 19.4. The van der Waals surface area contributed by atoms with Crippen LogP contribution in [0.2, 0.25) is 0 Å². The van der Waals surface area contributed by atoms with Crippen molar-refractivity contribution in [2.45, 2.75) is 38.1 Å². The van der Waals surface area contributed by atoms with E-state index < -0.39 is 23.6 Å². The zero-order valence-corrected chi connectivity index (χ0v) is 13.8. The van der Waals surface area contributed by atoms with Crippen LogP contribution < -0.4 is 5.32 Å². The zero-order chi connectivity index (χ0) is 18.7. The van der Waals surface area contributed by atoms with Crippen molar-refractivity contribution in [3.63, 3.8) is 0 Å². The molecule has 1 unspecified atom stereocenters. The SMILES string of the molecule is O=C(NCc1cccc(C(F)(F)F)c1F)N1CCCC1Cn1cccn1. The predicted molar refractivity (Wildman–Crippen MR) is 85.6 cm³/mol. The van der Waals surface area contributed by atoms with Crippen LogP contribution >= 0.6 is 0 Å². The molecule has 0 aliphatic carbocycles. The molecule has 2 aromatic rings. The van der Waals surface area contributed by atoms with E-state index in [9.17, 15) is 22.4 Å². The first-order valence-electron chi connectivity index (χ1n) is 8.22. The van der Waals surface area contributed by atoms with Crippen molar-refractivity contribution in [1.82, 2.24) is 20.0 Å². The number of benzene rings is 1. The third-order valence-corrected chi connectivity index (χ3v) is 4.41. The van der Waals surface area contributed by atoms with E-state index in [4.69, 9.17) is 0 Å². The van der Waals surface area contributed by atoms with Gasteiger partial charge in [0, 0.05) is 31.0 Å². The molecule has 2 heterocycles. The zero-order valence-electron chi connectivity index (χ0n) is 13.8. The van der Waals surface area contributed by atoms with E-state index in [0.29, 0.717) is 19.2 Å². The molecule has 1 fully saturated rings. The van der Waals surface area contributed by atoms with Gasteiger partial charge in [-0.15, -0.1) is 0 Å². The van der Waals surface area contributed by atoms with E-state index >= 15 is 0 Å². The number of nitrogens with one attached hydrogen (secondary N) is 1. The molecule has 2 amide bonds. The van der Waals surface area contributed by atoms with Crippen LogP contribution in [0.15, 0.2) is 36.7 Å². The van der Waals surface area contributed by atoms with Gasteiger partial charge in [0.25, 0.3) is 0 Å². The first-order valence-corrected chi connectivity index (χ1v) is 8.22. The number of urea groups is 1. The molecule has 1 aliphatic heterocycles. The second-order valence-corrected chi connectivity index (χ2v) is 6.15. The maximum atomic E-state index is 14.0. The van der Waals surface area contributed by atoms with Crippen LogP contribution in [0, 0.1) is 5.82 Å². The Labute approximate surface area is 147 Å². The van der Waals surface area contributed by atoms with Crippen LogP contribution in [-0.4, -0.2) is 33.3 Å². The summed E-state index contributed by atoms with van der Waals surface area (Å²) >= 11 is 0. The van der Waals surface area contributed by atoms with Crippen LogP contribution in [0.1, 0.15) is 24.0 Å². The molecule has 140 valence electrons. The average molecular weight is 370 g/mol. The number of carbonyl (C=O) groups is 1. The summed E-state index contributed by atoms with van der Waals surface area (Å²) in [7, 11) is 0. The Balaban J connectivity index is 1.63. The largest absolute Gasteiger partial charge is 0.419 e. The molecule has 5 nitrogen and oxygen atoms in total. The summed E-state index contributed by atoms with van der Waals surface area (Å²) in [6.07, 6.45) is 0.318. The summed E-state index contributed by atoms with van der Waals surface area (Å²) in [4.78, 5) is 14.0. The van der Waals surface area contributed by atoms with Gasteiger partial charge in [-0.25, -0.2) is 9.18 Å². The summed E-state index contributed by atoms with van der Waals surface area (Å²) in [5.74, 6) is -1.35. The molecule has 9 heteroatoms. The van der Waals surface area contributed by atoms with Gasteiger partial charge in [-0.1, -0.05) is 12.1 Å². The Morgan fingerprint density at radius 3 is 2.81 bits per heavy atom. The molecule has 1 aromatic heterocycles. The first-order chi connectivity index (χ1) is 12.4. The number of nitrogens with zero attached hydrogens (tertiary/aromatic N) is 3. The predicted octanol–water partition coefficient (Wildman–Crippen LogP) is 3.42. The quantitative estimate of drug-likeness (QED) is 0.839. The normalized spacial score (nSPS) is 17.5. The Morgan fingerprint density at radius 1 is 1.31 bits per heavy atom. The molecule has 1 N–H and O–H groups in total. The number of alkyl halides is 3. The number of likely N-dealkylation sites (tertiary alicyclic amines) is 1. The number of rotatable bonds is 4. The molecule has 1 atom stereocenters. The van der Waals surface area contributed by atoms with E-state index in [2.05, 4.69) is 10.4 Å². The van der Waals surface area contributed by atoms with Gasteiger partial charge in [0.15, 0.2) is 0 Å². The van der Waals surface area contributed by atoms with Crippen LogP contribution in [0.25, 0.3) is 0 Å². The van der Waals surface area contributed by atoms with E-state index in [1.165, 1.54) is 6.07 Å². The van der Waals surface area contributed by atoms with Gasteiger partial charge in [-0.3, -0.25) is 4.68 Å². The maximum absolute atomic E-state index is 14.0. The van der Waals surface area contributed by atoms with E-state index in [1.807, 2.05) is 0 Å². The lowest BCUT2D eigenvalue weighted by Crippen LogP contribution is -2.44. The second kappa shape index (κ2) is 7.35. The number of aromatic nitrogens is 2. The molecule has 0 bridgehead atoms. The van der Waals surface area contributed by atoms with Crippen molar-refractivity contribution in [2.24, 2.45) is 0 Å². The first kappa shape index (κ1) is 18.2. The van der Waals surface area contributed by atoms with Crippen molar-refractivity contribution in [3.05, 3.63) is 53.6 Å². The summed E-state index contributed by atoms with van der Waals surface area (Å²) in [6, 6.07) is 4.36. The Morgan fingerprint density at radius 2 is 2.12 bits per heavy atom. The van der Waals surface area contributed by atoms with Crippen LogP contribution in [0.3, 0.4) is 0 Å². The summed E-state index contributed by atoms with van der Waals surface area (Å²) in [5.41, 5.74) is -1.53. The van der Waals surface area contributed by atoms with Crippen molar-refractivity contribution in [3.8, 4) is 0 Å². The standard InChI is InChI=1S/C17H18F4N4O/c18-15-12(4-1-6-14(15)17(19,20)21)10-22-16(26)25-9-2-5-13(25)11-24-8-3-7-23-24/h1,3-4,6-8,13H,2,5,9-11H2,(H,22,26). The molecule has 0 saturated carbocycles. The van der Waals surface area contributed by atoms with Gasteiger partial charge in [0.1, 0.15) is 5.82 Å². The minimum absolute atomic E-state index is 0.0544. The highest BCUT2D eigenvalue weighted by molar-refractivity contribution is 5.74. The van der Waals surface area contributed by atoms with Gasteiger partial charge < -0.3 is 10.2 Å².